The highest BCUT2D eigenvalue weighted by Crippen LogP contribution is 2.11. The molecule has 0 saturated heterocycles. The van der Waals surface area contributed by atoms with Crippen molar-refractivity contribution in [3.05, 3.63) is 53.9 Å². The summed E-state index contributed by atoms with van der Waals surface area (Å²) in [5.74, 6) is 0. The molecule has 1 N–H and O–H groups in total. The van der Waals surface area contributed by atoms with E-state index in [1.54, 1.807) is 0 Å². The maximum Gasteiger partial charge on any atom is 0.0641 e. The summed E-state index contributed by atoms with van der Waals surface area (Å²) >= 11 is 0. The summed E-state index contributed by atoms with van der Waals surface area (Å²) in [6, 6.07) is 11.2. The molecular weight excluding hydrogens is 222 g/mol. The highest BCUT2D eigenvalue weighted by molar-refractivity contribution is 5.25. The smallest absolute Gasteiger partial charge is 0.0641 e. The lowest BCUT2D eigenvalue weighted by Crippen LogP contribution is -2.33. The molecule has 3 nitrogen and oxygen atoms in total. The van der Waals surface area contributed by atoms with Crippen molar-refractivity contribution in [2.75, 3.05) is 0 Å². The molecule has 0 spiro atoms. The van der Waals surface area contributed by atoms with Crippen LogP contribution in [0.2, 0.25) is 0 Å². The molecule has 3 heteroatoms. The van der Waals surface area contributed by atoms with Gasteiger partial charge in [0.25, 0.3) is 0 Å². The van der Waals surface area contributed by atoms with Gasteiger partial charge in [0.1, 0.15) is 0 Å². The lowest BCUT2D eigenvalue weighted by atomic mass is 10.1. The van der Waals surface area contributed by atoms with Crippen LogP contribution < -0.4 is 5.32 Å². The van der Waals surface area contributed by atoms with Crippen LogP contribution in [0, 0.1) is 6.92 Å². The van der Waals surface area contributed by atoms with Crippen molar-refractivity contribution in [3.63, 3.8) is 0 Å². The second kappa shape index (κ2) is 5.83. The Morgan fingerprint density at radius 2 is 2.00 bits per heavy atom. The minimum atomic E-state index is 0.351. The number of aryl methyl sites for hydroxylation is 1. The van der Waals surface area contributed by atoms with E-state index < -0.39 is 0 Å². The average Bonchev–Trinajstić information content (AvgIpc) is 2.90. The van der Waals surface area contributed by atoms with Gasteiger partial charge in [0.15, 0.2) is 0 Å². The highest BCUT2D eigenvalue weighted by Gasteiger charge is 2.13. The van der Waals surface area contributed by atoms with E-state index in [1.165, 1.54) is 11.1 Å². The first kappa shape index (κ1) is 12.8. The molecular formula is C15H21N3. The minimum absolute atomic E-state index is 0.351. The van der Waals surface area contributed by atoms with Crippen molar-refractivity contribution in [3.8, 4) is 0 Å². The molecule has 0 radical (unpaired) electrons. The van der Waals surface area contributed by atoms with E-state index in [2.05, 4.69) is 55.5 Å². The third kappa shape index (κ3) is 2.99. The molecule has 1 aromatic heterocycles. The van der Waals surface area contributed by atoms with Crippen LogP contribution in [0.1, 0.15) is 31.0 Å². The summed E-state index contributed by atoms with van der Waals surface area (Å²) in [5, 5.41) is 7.85. The predicted molar refractivity (Wildman–Crippen MR) is 74.4 cm³/mol. The highest BCUT2D eigenvalue weighted by atomic mass is 15.3. The van der Waals surface area contributed by atoms with E-state index in [0.717, 1.165) is 6.54 Å². The number of hydrogen-bond donors (Lipinski definition) is 1. The summed E-state index contributed by atoms with van der Waals surface area (Å²) in [7, 11) is 0. The fourth-order valence-corrected chi connectivity index (χ4v) is 2.00. The van der Waals surface area contributed by atoms with E-state index >= 15 is 0 Å². The molecule has 0 unspecified atom stereocenters. The molecule has 0 aliphatic carbocycles. The molecule has 96 valence electrons. The van der Waals surface area contributed by atoms with E-state index in [1.807, 2.05) is 23.1 Å². The Hall–Kier alpha value is -1.61. The Morgan fingerprint density at radius 1 is 1.22 bits per heavy atom. The molecule has 18 heavy (non-hydrogen) atoms. The summed E-state index contributed by atoms with van der Waals surface area (Å²) in [4.78, 5) is 0. The third-order valence-corrected chi connectivity index (χ3v) is 3.54. The Morgan fingerprint density at radius 3 is 2.67 bits per heavy atom. The molecule has 1 heterocycles. The van der Waals surface area contributed by atoms with Crippen LogP contribution in [-0.2, 0) is 6.54 Å². The second-order valence-electron chi connectivity index (χ2n) is 4.82. The summed E-state index contributed by atoms with van der Waals surface area (Å²) in [6.07, 6.45) is 3.83. The summed E-state index contributed by atoms with van der Waals surface area (Å²) < 4.78 is 2.00. The number of rotatable bonds is 5. The van der Waals surface area contributed by atoms with Crippen LogP contribution in [0.3, 0.4) is 0 Å². The SMILES string of the molecule is Cc1ccccc1CN[C@@H](C)[C@H](C)n1cccn1. The number of aromatic nitrogens is 2. The van der Waals surface area contributed by atoms with Crippen LogP contribution in [0.15, 0.2) is 42.7 Å². The van der Waals surface area contributed by atoms with Crippen molar-refractivity contribution in [2.24, 2.45) is 0 Å². The zero-order valence-electron chi connectivity index (χ0n) is 11.3. The standard InChI is InChI=1S/C15H21N3/c1-12-7-4-5-8-15(12)11-16-13(2)14(3)18-10-6-9-17-18/h4-10,13-14,16H,11H2,1-3H3/t13-,14-/m0/s1. The normalized spacial score (nSPS) is 14.4. The summed E-state index contributed by atoms with van der Waals surface area (Å²) in [5.41, 5.74) is 2.70. The Bertz CT molecular complexity index is 476. The first-order chi connectivity index (χ1) is 8.68. The fraction of sp³-hybridized carbons (Fsp3) is 0.400. The van der Waals surface area contributed by atoms with Crippen LogP contribution in [0.5, 0.6) is 0 Å². The molecule has 0 amide bonds. The van der Waals surface area contributed by atoms with Crippen LogP contribution in [0.25, 0.3) is 0 Å². The van der Waals surface area contributed by atoms with E-state index in [4.69, 9.17) is 0 Å². The molecule has 1 aromatic carbocycles. The Labute approximate surface area is 109 Å². The number of benzene rings is 1. The molecule has 0 aliphatic rings. The van der Waals surface area contributed by atoms with Gasteiger partial charge in [-0.15, -0.1) is 0 Å². The monoisotopic (exact) mass is 243 g/mol. The molecule has 0 bridgehead atoms. The van der Waals surface area contributed by atoms with Gasteiger partial charge in [-0.1, -0.05) is 24.3 Å². The van der Waals surface area contributed by atoms with Crippen molar-refractivity contribution in [1.29, 1.82) is 0 Å². The van der Waals surface area contributed by atoms with E-state index in [9.17, 15) is 0 Å². The zero-order chi connectivity index (χ0) is 13.0. The molecule has 2 aromatic rings. The van der Waals surface area contributed by atoms with Crippen molar-refractivity contribution < 1.29 is 0 Å². The number of nitrogens with zero attached hydrogens (tertiary/aromatic N) is 2. The van der Waals surface area contributed by atoms with Crippen molar-refractivity contribution in [2.45, 2.75) is 39.4 Å². The van der Waals surface area contributed by atoms with Gasteiger partial charge in [0.05, 0.1) is 6.04 Å². The van der Waals surface area contributed by atoms with Gasteiger partial charge in [0.2, 0.25) is 0 Å². The quantitative estimate of drug-likeness (QED) is 0.875. The van der Waals surface area contributed by atoms with Gasteiger partial charge in [-0.2, -0.15) is 5.10 Å². The average molecular weight is 243 g/mol. The number of nitrogens with one attached hydrogen (secondary N) is 1. The van der Waals surface area contributed by atoms with Crippen molar-refractivity contribution in [1.82, 2.24) is 15.1 Å². The molecule has 0 fully saturated rings. The third-order valence-electron chi connectivity index (χ3n) is 3.54. The van der Waals surface area contributed by atoms with Gasteiger partial charge in [-0.05, 0) is 38.0 Å². The molecule has 0 aliphatic heterocycles. The lowest BCUT2D eigenvalue weighted by molar-refractivity contribution is 0.365. The first-order valence-electron chi connectivity index (χ1n) is 6.45. The topological polar surface area (TPSA) is 29.9 Å². The van der Waals surface area contributed by atoms with Gasteiger partial charge < -0.3 is 5.32 Å². The summed E-state index contributed by atoms with van der Waals surface area (Å²) in [6.45, 7) is 7.44. The van der Waals surface area contributed by atoms with E-state index in [0.29, 0.717) is 12.1 Å². The Balaban J connectivity index is 1.92. The lowest BCUT2D eigenvalue weighted by Gasteiger charge is -2.22. The van der Waals surface area contributed by atoms with E-state index in [-0.39, 0.29) is 0 Å². The molecule has 0 saturated carbocycles. The van der Waals surface area contributed by atoms with Crippen LogP contribution >= 0.6 is 0 Å². The van der Waals surface area contributed by atoms with Gasteiger partial charge in [-0.3, -0.25) is 4.68 Å². The fourth-order valence-electron chi connectivity index (χ4n) is 2.00. The maximum absolute atomic E-state index is 4.29. The second-order valence-corrected chi connectivity index (χ2v) is 4.82. The largest absolute Gasteiger partial charge is 0.308 e. The number of hydrogen-bond acceptors (Lipinski definition) is 2. The van der Waals surface area contributed by atoms with Crippen LogP contribution in [-0.4, -0.2) is 15.8 Å². The maximum atomic E-state index is 4.29. The van der Waals surface area contributed by atoms with Gasteiger partial charge in [0, 0.05) is 25.0 Å². The molecule has 2 atom stereocenters. The van der Waals surface area contributed by atoms with Crippen LogP contribution in [0.4, 0.5) is 0 Å². The van der Waals surface area contributed by atoms with Gasteiger partial charge in [-0.25, -0.2) is 0 Å². The van der Waals surface area contributed by atoms with Gasteiger partial charge >= 0.3 is 0 Å². The molecule has 2 rings (SSSR count). The minimum Gasteiger partial charge on any atom is -0.308 e. The van der Waals surface area contributed by atoms with Crippen molar-refractivity contribution >= 4 is 0 Å². The zero-order valence-corrected chi connectivity index (χ0v) is 11.3. The Kier molecular flexibility index (Phi) is 4.15. The predicted octanol–water partition coefficient (Wildman–Crippen LogP) is 2.93. The first-order valence-corrected chi connectivity index (χ1v) is 6.45.